The van der Waals surface area contributed by atoms with Crippen molar-refractivity contribution in [1.82, 2.24) is 10.2 Å². The van der Waals surface area contributed by atoms with E-state index in [4.69, 9.17) is 4.74 Å². The van der Waals surface area contributed by atoms with E-state index < -0.39 is 17.8 Å². The Bertz CT molecular complexity index is 1010. The van der Waals surface area contributed by atoms with Gasteiger partial charge in [0.05, 0.1) is 6.61 Å². The molecule has 1 aliphatic heterocycles. The summed E-state index contributed by atoms with van der Waals surface area (Å²) in [6.07, 6.45) is 6.18. The molecule has 0 atom stereocenters. The third-order valence-electron chi connectivity index (χ3n) is 5.59. The van der Waals surface area contributed by atoms with Gasteiger partial charge in [-0.05, 0) is 42.7 Å². The number of rotatable bonds is 4. The molecule has 1 aliphatic carbocycles. The average Bonchev–Trinajstić information content (AvgIpc) is 2.73. The van der Waals surface area contributed by atoms with Crippen LogP contribution >= 0.6 is 0 Å². The Morgan fingerprint density at radius 2 is 1.83 bits per heavy atom. The van der Waals surface area contributed by atoms with Crippen LogP contribution in [0.15, 0.2) is 42.0 Å². The molecule has 6 nitrogen and oxygen atoms in total. The molecule has 1 saturated carbocycles. The highest BCUT2D eigenvalue weighted by Gasteiger charge is 2.40. The van der Waals surface area contributed by atoms with Crippen molar-refractivity contribution in [1.29, 1.82) is 0 Å². The molecule has 1 heterocycles. The number of fused-ring (bicyclic) bond motifs is 1. The molecule has 150 valence electrons. The summed E-state index contributed by atoms with van der Waals surface area (Å²) in [5.74, 6) is -0.594. The van der Waals surface area contributed by atoms with Crippen LogP contribution in [0.5, 0.6) is 5.75 Å². The highest BCUT2D eigenvalue weighted by atomic mass is 16.5. The van der Waals surface area contributed by atoms with E-state index in [1.165, 1.54) is 4.90 Å². The molecule has 0 unspecified atom stereocenters. The quantitative estimate of drug-likeness (QED) is 0.630. The van der Waals surface area contributed by atoms with Gasteiger partial charge < -0.3 is 4.74 Å². The van der Waals surface area contributed by atoms with Crippen LogP contribution in [0.1, 0.15) is 44.6 Å². The maximum Gasteiger partial charge on any atom is 0.331 e. The Labute approximate surface area is 169 Å². The van der Waals surface area contributed by atoms with E-state index in [0.717, 1.165) is 42.9 Å². The van der Waals surface area contributed by atoms with E-state index in [1.807, 2.05) is 43.3 Å². The summed E-state index contributed by atoms with van der Waals surface area (Å²) < 4.78 is 5.75. The molecule has 0 bridgehead atoms. The van der Waals surface area contributed by atoms with Gasteiger partial charge in [-0.3, -0.25) is 19.8 Å². The molecule has 0 aromatic heterocycles. The minimum atomic E-state index is -0.664. The van der Waals surface area contributed by atoms with Crippen LogP contribution in [0, 0.1) is 0 Å². The molecular formula is C23H24N2O4. The van der Waals surface area contributed by atoms with Crippen molar-refractivity contribution in [3.8, 4) is 5.75 Å². The fraction of sp³-hybridized carbons (Fsp3) is 0.348. The third kappa shape index (κ3) is 3.62. The highest BCUT2D eigenvalue weighted by molar-refractivity contribution is 6.31. The van der Waals surface area contributed by atoms with Gasteiger partial charge in [0.25, 0.3) is 11.8 Å². The fourth-order valence-electron chi connectivity index (χ4n) is 4.19. The first-order valence-electron chi connectivity index (χ1n) is 10.1. The van der Waals surface area contributed by atoms with Crippen LogP contribution in [0.3, 0.4) is 0 Å². The van der Waals surface area contributed by atoms with Crippen LogP contribution < -0.4 is 10.1 Å². The molecule has 2 aromatic carbocycles. The summed E-state index contributed by atoms with van der Waals surface area (Å²) in [6.45, 7) is 2.34. The first-order valence-corrected chi connectivity index (χ1v) is 10.1. The van der Waals surface area contributed by atoms with Crippen molar-refractivity contribution in [2.45, 2.75) is 45.1 Å². The largest absolute Gasteiger partial charge is 0.493 e. The number of amides is 4. The van der Waals surface area contributed by atoms with Crippen molar-refractivity contribution in [2.24, 2.45) is 0 Å². The number of benzene rings is 2. The third-order valence-corrected chi connectivity index (χ3v) is 5.59. The summed E-state index contributed by atoms with van der Waals surface area (Å²) in [4.78, 5) is 39.4. The maximum atomic E-state index is 13.2. The summed E-state index contributed by atoms with van der Waals surface area (Å²) >= 11 is 0. The van der Waals surface area contributed by atoms with Crippen molar-refractivity contribution < 1.29 is 19.1 Å². The fourth-order valence-corrected chi connectivity index (χ4v) is 4.19. The smallest absolute Gasteiger partial charge is 0.331 e. The first kappa shape index (κ1) is 19.2. The Morgan fingerprint density at radius 3 is 2.59 bits per heavy atom. The van der Waals surface area contributed by atoms with E-state index in [1.54, 1.807) is 6.08 Å². The average molecular weight is 392 g/mol. The topological polar surface area (TPSA) is 75.7 Å². The number of nitrogens with zero attached hydrogens (tertiary/aromatic N) is 1. The van der Waals surface area contributed by atoms with Crippen LogP contribution in [-0.4, -0.2) is 35.4 Å². The van der Waals surface area contributed by atoms with Crippen LogP contribution in [0.25, 0.3) is 16.8 Å². The Balaban J connectivity index is 1.80. The second-order valence-corrected chi connectivity index (χ2v) is 7.42. The molecule has 29 heavy (non-hydrogen) atoms. The molecular weight excluding hydrogens is 368 g/mol. The first-order chi connectivity index (χ1) is 14.1. The van der Waals surface area contributed by atoms with E-state index >= 15 is 0 Å². The number of imide groups is 2. The monoisotopic (exact) mass is 392 g/mol. The molecule has 4 rings (SSSR count). The number of hydrogen-bond donors (Lipinski definition) is 1. The number of carbonyl (C=O) groups excluding carboxylic acids is 3. The molecule has 1 saturated heterocycles. The van der Waals surface area contributed by atoms with Gasteiger partial charge in [-0.15, -0.1) is 0 Å². The second kappa shape index (κ2) is 8.07. The summed E-state index contributed by atoms with van der Waals surface area (Å²) in [5, 5.41) is 4.21. The van der Waals surface area contributed by atoms with Crippen molar-refractivity contribution in [3.05, 3.63) is 47.5 Å². The van der Waals surface area contributed by atoms with Crippen LogP contribution in [0.4, 0.5) is 4.79 Å². The van der Waals surface area contributed by atoms with Gasteiger partial charge in [-0.1, -0.05) is 49.6 Å². The molecule has 2 fully saturated rings. The predicted molar refractivity (Wildman–Crippen MR) is 110 cm³/mol. The van der Waals surface area contributed by atoms with Crippen LogP contribution in [-0.2, 0) is 9.59 Å². The molecule has 0 spiro atoms. The van der Waals surface area contributed by atoms with Gasteiger partial charge in [0.1, 0.15) is 11.3 Å². The Hall–Kier alpha value is -3.15. The summed E-state index contributed by atoms with van der Waals surface area (Å²) in [6, 6.07) is 10.7. The van der Waals surface area contributed by atoms with Gasteiger partial charge in [0.15, 0.2) is 0 Å². The van der Waals surface area contributed by atoms with Crippen molar-refractivity contribution in [2.75, 3.05) is 6.61 Å². The molecule has 2 aliphatic rings. The lowest BCUT2D eigenvalue weighted by Gasteiger charge is -2.35. The lowest BCUT2D eigenvalue weighted by molar-refractivity contribution is -0.132. The van der Waals surface area contributed by atoms with E-state index in [-0.39, 0.29) is 11.6 Å². The molecule has 2 aromatic rings. The number of carbonyl (C=O) groups is 3. The molecule has 0 radical (unpaired) electrons. The normalized spacial score (nSPS) is 19.7. The number of barbiturate groups is 1. The van der Waals surface area contributed by atoms with Gasteiger partial charge in [-0.2, -0.15) is 0 Å². The SMILES string of the molecule is CCOc1ccc2ccccc2c1C=C1C(=O)NC(=O)N(C2CCCCC2)C1=O. The second-order valence-electron chi connectivity index (χ2n) is 7.42. The van der Waals surface area contributed by atoms with Gasteiger partial charge in [-0.25, -0.2) is 4.79 Å². The number of hydrogen-bond acceptors (Lipinski definition) is 4. The van der Waals surface area contributed by atoms with Crippen molar-refractivity contribution >= 4 is 34.7 Å². The van der Waals surface area contributed by atoms with E-state index in [2.05, 4.69) is 5.32 Å². The molecule has 1 N–H and O–H groups in total. The van der Waals surface area contributed by atoms with Crippen LogP contribution in [0.2, 0.25) is 0 Å². The van der Waals surface area contributed by atoms with Gasteiger partial charge in [0.2, 0.25) is 0 Å². The molecule has 4 amide bonds. The Kier molecular flexibility index (Phi) is 5.34. The number of nitrogens with one attached hydrogen (secondary N) is 1. The zero-order valence-corrected chi connectivity index (χ0v) is 16.4. The lowest BCUT2D eigenvalue weighted by atomic mass is 9.93. The minimum Gasteiger partial charge on any atom is -0.493 e. The Morgan fingerprint density at radius 1 is 1.07 bits per heavy atom. The molecule has 6 heteroatoms. The van der Waals surface area contributed by atoms with Crippen molar-refractivity contribution in [3.63, 3.8) is 0 Å². The predicted octanol–water partition coefficient (Wildman–Crippen LogP) is 4.03. The summed E-state index contributed by atoms with van der Waals surface area (Å²) in [7, 11) is 0. The van der Waals surface area contributed by atoms with E-state index in [9.17, 15) is 14.4 Å². The maximum absolute atomic E-state index is 13.2. The highest BCUT2D eigenvalue weighted by Crippen LogP contribution is 2.32. The number of urea groups is 1. The minimum absolute atomic E-state index is 0.0347. The standard InChI is InChI=1S/C23H24N2O4/c1-2-29-20-13-12-15-8-6-7-11-17(15)18(20)14-19-21(26)24-23(28)25(22(19)27)16-9-4-3-5-10-16/h6-8,11-14,16H,2-5,9-10H2,1H3,(H,24,26,28). The van der Waals surface area contributed by atoms with Gasteiger partial charge >= 0.3 is 6.03 Å². The zero-order valence-electron chi connectivity index (χ0n) is 16.4. The van der Waals surface area contributed by atoms with Gasteiger partial charge in [0, 0.05) is 11.6 Å². The summed E-state index contributed by atoms with van der Waals surface area (Å²) in [5.41, 5.74) is 0.633. The lowest BCUT2D eigenvalue weighted by Crippen LogP contribution is -2.58. The van der Waals surface area contributed by atoms with E-state index in [0.29, 0.717) is 17.9 Å². The zero-order chi connectivity index (χ0) is 20.4. The number of ether oxygens (including phenoxy) is 1.